The van der Waals surface area contributed by atoms with Crippen molar-refractivity contribution in [2.45, 2.75) is 69.4 Å². The number of ether oxygens (including phenoxy) is 1. The monoisotopic (exact) mass is 463 g/mol. The maximum atomic E-state index is 13.2. The molecule has 0 aromatic heterocycles. The number of likely N-dealkylation sites (tertiary alicyclic amines) is 1. The van der Waals surface area contributed by atoms with Gasteiger partial charge in [-0.25, -0.2) is 0 Å². The molecule has 6 aliphatic rings. The highest BCUT2D eigenvalue weighted by molar-refractivity contribution is 6.05. The minimum absolute atomic E-state index is 0.0423. The van der Waals surface area contributed by atoms with Crippen LogP contribution in [0.1, 0.15) is 72.9 Å². The second-order valence-electron chi connectivity index (χ2n) is 11.7. The number of fused-ring (bicyclic) bond motifs is 6. The number of imide groups is 1. The third-order valence-corrected chi connectivity index (χ3v) is 9.92. The van der Waals surface area contributed by atoms with Crippen molar-refractivity contribution in [3.63, 3.8) is 0 Å². The van der Waals surface area contributed by atoms with E-state index in [9.17, 15) is 14.4 Å². The van der Waals surface area contributed by atoms with E-state index in [1.54, 1.807) is 4.90 Å². The molecular weight excluding hydrogens is 430 g/mol. The van der Waals surface area contributed by atoms with Gasteiger partial charge in [-0.3, -0.25) is 19.7 Å². The van der Waals surface area contributed by atoms with Crippen LogP contribution >= 0.6 is 0 Å². The first-order valence-corrected chi connectivity index (χ1v) is 13.2. The number of hydrogen-bond donors (Lipinski definition) is 1. The second kappa shape index (κ2) is 7.54. The fourth-order valence-electron chi connectivity index (χ4n) is 7.99. The van der Waals surface area contributed by atoms with Crippen molar-refractivity contribution in [1.82, 2.24) is 15.1 Å². The fourth-order valence-corrected chi connectivity index (χ4v) is 7.99. The van der Waals surface area contributed by atoms with Gasteiger partial charge in [-0.05, 0) is 75.4 Å². The Morgan fingerprint density at radius 3 is 2.65 bits per heavy atom. The highest BCUT2D eigenvalue weighted by atomic mass is 16.5. The summed E-state index contributed by atoms with van der Waals surface area (Å²) in [5.41, 5.74) is 2.87. The van der Waals surface area contributed by atoms with E-state index in [2.05, 4.69) is 16.3 Å². The molecule has 1 N–H and O–H groups in total. The molecule has 2 saturated heterocycles. The van der Waals surface area contributed by atoms with Gasteiger partial charge in [0.25, 0.3) is 5.91 Å². The van der Waals surface area contributed by atoms with E-state index in [1.807, 2.05) is 6.07 Å². The van der Waals surface area contributed by atoms with Crippen molar-refractivity contribution >= 4 is 17.7 Å². The summed E-state index contributed by atoms with van der Waals surface area (Å²) in [7, 11) is 0. The largest absolute Gasteiger partial charge is 0.492 e. The molecule has 7 nitrogen and oxygen atoms in total. The fraction of sp³-hybridized carbons (Fsp3) is 0.667. The minimum Gasteiger partial charge on any atom is -0.492 e. The van der Waals surface area contributed by atoms with E-state index in [4.69, 9.17) is 4.74 Å². The summed E-state index contributed by atoms with van der Waals surface area (Å²) in [6.07, 6.45) is 8.70. The SMILES string of the molecule is O=C1CCC(N2Cc3c(ccc4c3OCC43CCN(CC4CC5CCC4C5)CC3)C2=O)C(=O)N1. The number of carbonyl (C=O) groups excluding carboxylic acids is 3. The topological polar surface area (TPSA) is 79.0 Å². The van der Waals surface area contributed by atoms with Crippen molar-refractivity contribution < 1.29 is 19.1 Å². The van der Waals surface area contributed by atoms with Gasteiger partial charge in [0.1, 0.15) is 11.8 Å². The third-order valence-electron chi connectivity index (χ3n) is 9.92. The van der Waals surface area contributed by atoms with Gasteiger partial charge in [0.2, 0.25) is 11.8 Å². The molecule has 0 radical (unpaired) electrons. The zero-order valence-electron chi connectivity index (χ0n) is 19.7. The summed E-state index contributed by atoms with van der Waals surface area (Å²) in [5, 5.41) is 2.38. The summed E-state index contributed by atoms with van der Waals surface area (Å²) in [6, 6.07) is 3.47. The molecule has 4 aliphatic heterocycles. The first-order chi connectivity index (χ1) is 16.5. The van der Waals surface area contributed by atoms with E-state index >= 15 is 0 Å². The van der Waals surface area contributed by atoms with Crippen LogP contribution in [-0.2, 0) is 21.5 Å². The highest BCUT2D eigenvalue weighted by Gasteiger charge is 2.48. The molecule has 4 atom stereocenters. The Balaban J connectivity index is 1.07. The van der Waals surface area contributed by atoms with E-state index in [0.717, 1.165) is 55.0 Å². The van der Waals surface area contributed by atoms with Gasteiger partial charge in [-0.2, -0.15) is 0 Å². The van der Waals surface area contributed by atoms with E-state index in [0.29, 0.717) is 25.1 Å². The Hall–Kier alpha value is -2.41. The van der Waals surface area contributed by atoms with Gasteiger partial charge in [-0.15, -0.1) is 0 Å². The Labute approximate surface area is 200 Å². The lowest BCUT2D eigenvalue weighted by atomic mass is 9.73. The van der Waals surface area contributed by atoms with Crippen LogP contribution in [0, 0.1) is 17.8 Å². The number of nitrogens with zero attached hydrogens (tertiary/aromatic N) is 2. The number of benzene rings is 1. The lowest BCUT2D eigenvalue weighted by Crippen LogP contribution is -2.52. The van der Waals surface area contributed by atoms with Gasteiger partial charge >= 0.3 is 0 Å². The van der Waals surface area contributed by atoms with Crippen molar-refractivity contribution in [2.24, 2.45) is 17.8 Å². The minimum atomic E-state index is -0.585. The average molecular weight is 464 g/mol. The molecule has 1 spiro atoms. The van der Waals surface area contributed by atoms with Crippen molar-refractivity contribution in [3.05, 3.63) is 28.8 Å². The summed E-state index contributed by atoms with van der Waals surface area (Å²) in [4.78, 5) is 41.4. The second-order valence-corrected chi connectivity index (χ2v) is 11.7. The standard InChI is InChI=1S/C27H33N3O4/c31-23-6-5-22(25(32)28-23)30-14-20-19(26(30)33)3-4-21-24(20)34-15-27(21)7-9-29(10-8-27)13-18-12-16-1-2-17(18)11-16/h3-4,16-18,22H,1-2,5-15H2,(H,28,31,32). The van der Waals surface area contributed by atoms with Crippen molar-refractivity contribution in [3.8, 4) is 5.75 Å². The molecule has 7 heteroatoms. The lowest BCUT2D eigenvalue weighted by Gasteiger charge is -2.40. The van der Waals surface area contributed by atoms with Gasteiger partial charge in [0, 0.05) is 35.1 Å². The molecular formula is C27H33N3O4. The van der Waals surface area contributed by atoms with E-state index < -0.39 is 6.04 Å². The van der Waals surface area contributed by atoms with Gasteiger partial charge in [0.15, 0.2) is 0 Å². The van der Waals surface area contributed by atoms with E-state index in [-0.39, 0.29) is 29.6 Å². The third kappa shape index (κ3) is 3.08. The smallest absolute Gasteiger partial charge is 0.255 e. The Bertz CT molecular complexity index is 1080. The predicted molar refractivity (Wildman–Crippen MR) is 124 cm³/mol. The molecule has 1 aromatic carbocycles. The average Bonchev–Trinajstić information content (AvgIpc) is 3.60. The number of carbonyl (C=O) groups is 3. The molecule has 4 heterocycles. The van der Waals surface area contributed by atoms with Crippen LogP contribution in [0.5, 0.6) is 5.75 Å². The molecule has 7 rings (SSSR count). The lowest BCUT2D eigenvalue weighted by molar-refractivity contribution is -0.136. The van der Waals surface area contributed by atoms with Crippen molar-refractivity contribution in [1.29, 1.82) is 0 Å². The first-order valence-electron chi connectivity index (χ1n) is 13.2. The number of piperidine rings is 2. The zero-order chi connectivity index (χ0) is 23.0. The molecule has 180 valence electrons. The predicted octanol–water partition coefficient (Wildman–Crippen LogP) is 2.61. The van der Waals surface area contributed by atoms with Crippen LogP contribution in [0.3, 0.4) is 0 Å². The van der Waals surface area contributed by atoms with Crippen LogP contribution in [0.15, 0.2) is 12.1 Å². The van der Waals surface area contributed by atoms with Crippen LogP contribution in [0.25, 0.3) is 0 Å². The number of rotatable bonds is 3. The van der Waals surface area contributed by atoms with E-state index in [1.165, 1.54) is 37.8 Å². The highest BCUT2D eigenvalue weighted by Crippen LogP contribution is 2.51. The molecule has 4 unspecified atom stereocenters. The van der Waals surface area contributed by atoms with Crippen molar-refractivity contribution in [2.75, 3.05) is 26.2 Å². The Morgan fingerprint density at radius 1 is 1.06 bits per heavy atom. The normalized spacial score (nSPS) is 33.9. The zero-order valence-corrected chi connectivity index (χ0v) is 19.7. The molecule has 2 aliphatic carbocycles. The Morgan fingerprint density at radius 2 is 1.91 bits per heavy atom. The van der Waals surface area contributed by atoms with Crippen LogP contribution in [-0.4, -0.2) is 59.8 Å². The first kappa shape index (κ1) is 20.9. The van der Waals surface area contributed by atoms with Crippen LogP contribution < -0.4 is 10.1 Å². The molecule has 4 fully saturated rings. The van der Waals surface area contributed by atoms with Crippen LogP contribution in [0.4, 0.5) is 0 Å². The van der Waals surface area contributed by atoms with Gasteiger partial charge < -0.3 is 14.5 Å². The van der Waals surface area contributed by atoms with Gasteiger partial charge in [0.05, 0.1) is 13.2 Å². The summed E-state index contributed by atoms with van der Waals surface area (Å²) in [5.74, 6) is 3.01. The molecule has 2 saturated carbocycles. The quantitative estimate of drug-likeness (QED) is 0.698. The number of amides is 3. The molecule has 1 aromatic rings. The molecule has 3 amide bonds. The molecule has 2 bridgehead atoms. The summed E-state index contributed by atoms with van der Waals surface area (Å²) in [6.45, 7) is 4.58. The maximum Gasteiger partial charge on any atom is 0.255 e. The number of hydrogen-bond acceptors (Lipinski definition) is 5. The maximum absolute atomic E-state index is 13.2. The summed E-state index contributed by atoms with van der Waals surface area (Å²) >= 11 is 0. The van der Waals surface area contributed by atoms with Crippen LogP contribution in [0.2, 0.25) is 0 Å². The molecule has 34 heavy (non-hydrogen) atoms. The Kier molecular flexibility index (Phi) is 4.64. The summed E-state index contributed by atoms with van der Waals surface area (Å²) < 4.78 is 6.32. The van der Waals surface area contributed by atoms with Gasteiger partial charge in [-0.1, -0.05) is 12.5 Å². The number of nitrogens with one attached hydrogen (secondary N) is 1.